The summed E-state index contributed by atoms with van der Waals surface area (Å²) in [6, 6.07) is 8.13. The van der Waals surface area contributed by atoms with Gasteiger partial charge in [0.2, 0.25) is 0 Å². The third kappa shape index (κ3) is 1.95. The van der Waals surface area contributed by atoms with Gasteiger partial charge in [0.05, 0.1) is 5.56 Å². The minimum Gasteiger partial charge on any atom is -0.409 e. The number of rotatable bonds is 2. The summed E-state index contributed by atoms with van der Waals surface area (Å²) < 4.78 is 13.4. The van der Waals surface area contributed by atoms with Gasteiger partial charge in [-0.15, -0.1) is 0 Å². The Kier molecular flexibility index (Phi) is 2.98. The Bertz CT molecular complexity index is 687. The molecule has 1 aliphatic rings. The van der Waals surface area contributed by atoms with Crippen molar-refractivity contribution in [3.63, 3.8) is 0 Å². The van der Waals surface area contributed by atoms with Gasteiger partial charge in [-0.1, -0.05) is 11.2 Å². The normalized spacial score (nSPS) is 14.4. The van der Waals surface area contributed by atoms with Gasteiger partial charge in [0, 0.05) is 18.4 Å². The molecule has 6 heteroatoms. The molecule has 0 radical (unpaired) electrons. The predicted molar refractivity (Wildman–Crippen MR) is 73.9 cm³/mol. The van der Waals surface area contributed by atoms with E-state index in [4.69, 9.17) is 10.9 Å². The van der Waals surface area contributed by atoms with E-state index in [-0.39, 0.29) is 11.7 Å². The van der Waals surface area contributed by atoms with E-state index in [0.29, 0.717) is 17.9 Å². The first-order valence-electron chi connectivity index (χ1n) is 6.19. The van der Waals surface area contributed by atoms with Gasteiger partial charge in [0.25, 0.3) is 0 Å². The number of amidine groups is 1. The molecule has 0 aliphatic carbocycles. The monoisotopic (exact) mass is 272 g/mol. The van der Waals surface area contributed by atoms with Crippen LogP contribution in [0.25, 0.3) is 0 Å². The van der Waals surface area contributed by atoms with E-state index in [1.54, 1.807) is 24.4 Å². The third-order valence-electron chi connectivity index (χ3n) is 3.37. The Labute approximate surface area is 115 Å². The summed E-state index contributed by atoms with van der Waals surface area (Å²) in [4.78, 5) is 6.17. The van der Waals surface area contributed by atoms with Crippen LogP contribution in [0.2, 0.25) is 0 Å². The molecule has 0 saturated heterocycles. The van der Waals surface area contributed by atoms with E-state index < -0.39 is 0 Å². The predicted octanol–water partition coefficient (Wildman–Crippen LogP) is 2.01. The van der Waals surface area contributed by atoms with E-state index in [1.165, 1.54) is 12.1 Å². The van der Waals surface area contributed by atoms with E-state index in [2.05, 4.69) is 10.1 Å². The fourth-order valence-corrected chi connectivity index (χ4v) is 2.44. The molecule has 0 amide bonds. The second-order valence-electron chi connectivity index (χ2n) is 4.53. The van der Waals surface area contributed by atoms with Gasteiger partial charge >= 0.3 is 0 Å². The van der Waals surface area contributed by atoms with Crippen LogP contribution in [0.1, 0.15) is 11.1 Å². The van der Waals surface area contributed by atoms with Gasteiger partial charge in [0.15, 0.2) is 5.84 Å². The zero-order chi connectivity index (χ0) is 14.1. The Morgan fingerprint density at radius 1 is 1.40 bits per heavy atom. The molecule has 0 atom stereocenters. The number of nitrogens with zero attached hydrogens (tertiary/aromatic N) is 3. The summed E-state index contributed by atoms with van der Waals surface area (Å²) >= 11 is 0. The molecule has 2 aromatic rings. The summed E-state index contributed by atoms with van der Waals surface area (Å²) in [6.45, 7) is 0.682. The molecular weight excluding hydrogens is 259 g/mol. The SMILES string of the molecule is N/C(=N/O)c1cccnc1N1CCc2ccc(F)cc21. The summed E-state index contributed by atoms with van der Waals surface area (Å²) in [5.41, 5.74) is 8.02. The van der Waals surface area contributed by atoms with Crippen LogP contribution >= 0.6 is 0 Å². The third-order valence-corrected chi connectivity index (χ3v) is 3.37. The average Bonchev–Trinajstić information content (AvgIpc) is 2.89. The van der Waals surface area contributed by atoms with Crippen LogP contribution in [0.5, 0.6) is 0 Å². The number of aromatic nitrogens is 1. The second kappa shape index (κ2) is 4.80. The number of halogens is 1. The zero-order valence-electron chi connectivity index (χ0n) is 10.6. The first-order valence-corrected chi connectivity index (χ1v) is 6.19. The molecule has 0 bridgehead atoms. The molecule has 3 N–H and O–H groups in total. The highest BCUT2D eigenvalue weighted by Crippen LogP contribution is 2.35. The van der Waals surface area contributed by atoms with Crippen LogP contribution in [-0.4, -0.2) is 22.6 Å². The molecule has 1 aromatic carbocycles. The number of anilines is 2. The van der Waals surface area contributed by atoms with Crippen molar-refractivity contribution in [1.29, 1.82) is 0 Å². The lowest BCUT2D eigenvalue weighted by Crippen LogP contribution is -2.22. The van der Waals surface area contributed by atoms with Crippen LogP contribution in [0.3, 0.4) is 0 Å². The first kappa shape index (κ1) is 12.4. The molecular formula is C14H13FN4O. The van der Waals surface area contributed by atoms with Crippen molar-refractivity contribution in [3.05, 3.63) is 53.5 Å². The number of oxime groups is 1. The fourth-order valence-electron chi connectivity index (χ4n) is 2.44. The number of benzene rings is 1. The average molecular weight is 272 g/mol. The Balaban J connectivity index is 2.11. The van der Waals surface area contributed by atoms with Gasteiger partial charge in [-0.25, -0.2) is 9.37 Å². The summed E-state index contributed by atoms with van der Waals surface area (Å²) in [6.07, 6.45) is 2.43. The zero-order valence-corrected chi connectivity index (χ0v) is 10.6. The minimum atomic E-state index is -0.295. The van der Waals surface area contributed by atoms with Gasteiger partial charge in [-0.3, -0.25) is 0 Å². The van der Waals surface area contributed by atoms with Crippen molar-refractivity contribution in [2.45, 2.75) is 6.42 Å². The van der Waals surface area contributed by atoms with Crippen molar-refractivity contribution < 1.29 is 9.60 Å². The highest BCUT2D eigenvalue weighted by atomic mass is 19.1. The lowest BCUT2D eigenvalue weighted by Gasteiger charge is -2.20. The smallest absolute Gasteiger partial charge is 0.173 e. The molecule has 0 spiro atoms. The van der Waals surface area contributed by atoms with Crippen molar-refractivity contribution in [1.82, 2.24) is 4.98 Å². The summed E-state index contributed by atoms with van der Waals surface area (Å²) in [5.74, 6) is 0.252. The minimum absolute atomic E-state index is 0.0158. The number of pyridine rings is 1. The van der Waals surface area contributed by atoms with Crippen LogP contribution in [-0.2, 0) is 6.42 Å². The standard InChI is InChI=1S/C14H13FN4O/c15-10-4-3-9-5-7-19(12(9)8-10)14-11(13(16)18-20)2-1-6-17-14/h1-4,6,8,20H,5,7H2,(H2,16,18). The number of fused-ring (bicyclic) bond motifs is 1. The van der Waals surface area contributed by atoms with E-state index >= 15 is 0 Å². The van der Waals surface area contributed by atoms with Crippen LogP contribution in [0.4, 0.5) is 15.9 Å². The molecule has 2 heterocycles. The van der Waals surface area contributed by atoms with Gasteiger partial charge in [0.1, 0.15) is 11.6 Å². The summed E-state index contributed by atoms with van der Waals surface area (Å²) in [5, 5.41) is 11.9. The van der Waals surface area contributed by atoms with Crippen LogP contribution in [0.15, 0.2) is 41.7 Å². The molecule has 5 nitrogen and oxygen atoms in total. The maximum absolute atomic E-state index is 13.4. The molecule has 20 heavy (non-hydrogen) atoms. The van der Waals surface area contributed by atoms with E-state index in [1.807, 2.05) is 4.90 Å². The van der Waals surface area contributed by atoms with E-state index in [0.717, 1.165) is 17.7 Å². The molecule has 1 aliphatic heterocycles. The molecule has 0 fully saturated rings. The Morgan fingerprint density at radius 2 is 2.25 bits per heavy atom. The molecule has 1 aromatic heterocycles. The topological polar surface area (TPSA) is 74.7 Å². The number of nitrogens with two attached hydrogens (primary N) is 1. The van der Waals surface area contributed by atoms with E-state index in [9.17, 15) is 4.39 Å². The van der Waals surface area contributed by atoms with Gasteiger partial charge < -0.3 is 15.8 Å². The Hall–Kier alpha value is -2.63. The molecule has 0 saturated carbocycles. The molecule has 102 valence electrons. The maximum Gasteiger partial charge on any atom is 0.173 e. The van der Waals surface area contributed by atoms with Gasteiger partial charge in [-0.2, -0.15) is 0 Å². The highest BCUT2D eigenvalue weighted by molar-refractivity contribution is 6.02. The van der Waals surface area contributed by atoms with Crippen molar-refractivity contribution >= 4 is 17.3 Å². The van der Waals surface area contributed by atoms with Crippen molar-refractivity contribution in [2.75, 3.05) is 11.4 Å². The van der Waals surface area contributed by atoms with Crippen molar-refractivity contribution in [3.8, 4) is 0 Å². The molecule has 0 unspecified atom stereocenters. The highest BCUT2D eigenvalue weighted by Gasteiger charge is 2.24. The fraction of sp³-hybridized carbons (Fsp3) is 0.143. The second-order valence-corrected chi connectivity index (χ2v) is 4.53. The number of hydrogen-bond acceptors (Lipinski definition) is 4. The lowest BCUT2D eigenvalue weighted by molar-refractivity contribution is 0.318. The number of hydrogen-bond donors (Lipinski definition) is 2. The Morgan fingerprint density at radius 3 is 3.05 bits per heavy atom. The van der Waals surface area contributed by atoms with Crippen LogP contribution < -0.4 is 10.6 Å². The van der Waals surface area contributed by atoms with Crippen molar-refractivity contribution in [2.24, 2.45) is 10.9 Å². The largest absolute Gasteiger partial charge is 0.409 e. The van der Waals surface area contributed by atoms with Gasteiger partial charge in [-0.05, 0) is 36.2 Å². The first-order chi connectivity index (χ1) is 9.70. The quantitative estimate of drug-likeness (QED) is 0.379. The molecule has 3 rings (SSSR count). The maximum atomic E-state index is 13.4. The lowest BCUT2D eigenvalue weighted by atomic mass is 10.1. The van der Waals surface area contributed by atoms with Crippen LogP contribution in [0, 0.1) is 5.82 Å². The summed E-state index contributed by atoms with van der Waals surface area (Å²) in [7, 11) is 0.